The summed E-state index contributed by atoms with van der Waals surface area (Å²) in [5.74, 6) is -1.09. The van der Waals surface area contributed by atoms with Gasteiger partial charge >= 0.3 is 0 Å². The molecule has 1 atom stereocenters. The van der Waals surface area contributed by atoms with E-state index in [-0.39, 0.29) is 17.3 Å². The molecule has 0 saturated heterocycles. The number of aromatic nitrogens is 1. The molecule has 0 spiro atoms. The van der Waals surface area contributed by atoms with Crippen LogP contribution in [0, 0.1) is 13.8 Å². The van der Waals surface area contributed by atoms with Crippen molar-refractivity contribution in [3.8, 4) is 5.75 Å². The standard InChI is InChI=1S/C20H15NO3/c1-10-7-11(2)17-14(8-10)19(23)18(20(17)24)16-5-3-12-9-13(22)4-6-15(12)21-16/h3-9,18,22H,1-2H3. The molecule has 1 aromatic heterocycles. The molecule has 4 rings (SSSR count). The van der Waals surface area contributed by atoms with Crippen LogP contribution in [-0.4, -0.2) is 21.7 Å². The van der Waals surface area contributed by atoms with Crippen molar-refractivity contribution in [1.29, 1.82) is 0 Å². The van der Waals surface area contributed by atoms with Gasteiger partial charge in [-0.25, -0.2) is 0 Å². The average Bonchev–Trinajstić information content (AvgIpc) is 2.78. The van der Waals surface area contributed by atoms with E-state index in [4.69, 9.17) is 0 Å². The predicted octanol–water partition coefficient (Wildman–Crippen LogP) is 3.72. The molecule has 3 aromatic rings. The Labute approximate surface area is 138 Å². The fourth-order valence-electron chi connectivity index (χ4n) is 3.47. The first-order valence-corrected chi connectivity index (χ1v) is 7.75. The lowest BCUT2D eigenvalue weighted by Gasteiger charge is -2.08. The molecule has 1 N–H and O–H groups in total. The van der Waals surface area contributed by atoms with Crippen LogP contribution in [0.5, 0.6) is 5.75 Å². The maximum absolute atomic E-state index is 12.8. The Morgan fingerprint density at radius 3 is 2.54 bits per heavy atom. The Balaban J connectivity index is 1.86. The summed E-state index contributed by atoms with van der Waals surface area (Å²) in [6.45, 7) is 3.77. The van der Waals surface area contributed by atoms with Gasteiger partial charge in [-0.15, -0.1) is 0 Å². The lowest BCUT2D eigenvalue weighted by Crippen LogP contribution is -2.14. The van der Waals surface area contributed by atoms with Crippen molar-refractivity contribution in [2.45, 2.75) is 19.8 Å². The summed E-state index contributed by atoms with van der Waals surface area (Å²) in [6.07, 6.45) is 0. The van der Waals surface area contributed by atoms with Crippen molar-refractivity contribution < 1.29 is 14.7 Å². The number of nitrogens with zero attached hydrogens (tertiary/aromatic N) is 1. The van der Waals surface area contributed by atoms with Gasteiger partial charge in [-0.2, -0.15) is 0 Å². The predicted molar refractivity (Wildman–Crippen MR) is 90.7 cm³/mol. The maximum Gasteiger partial charge on any atom is 0.180 e. The second kappa shape index (κ2) is 4.99. The second-order valence-electron chi connectivity index (χ2n) is 6.28. The van der Waals surface area contributed by atoms with E-state index in [9.17, 15) is 14.7 Å². The molecule has 1 aliphatic carbocycles. The number of rotatable bonds is 1. The number of benzene rings is 2. The number of fused-ring (bicyclic) bond motifs is 2. The molecule has 1 unspecified atom stereocenters. The van der Waals surface area contributed by atoms with Gasteiger partial charge in [-0.05, 0) is 49.7 Å². The average molecular weight is 317 g/mol. The molecule has 4 nitrogen and oxygen atoms in total. The van der Waals surface area contributed by atoms with Crippen molar-refractivity contribution >= 4 is 22.5 Å². The van der Waals surface area contributed by atoms with Gasteiger partial charge in [-0.1, -0.05) is 17.7 Å². The number of carbonyl (C=O) groups is 2. The molecule has 0 aliphatic heterocycles. The van der Waals surface area contributed by atoms with Crippen LogP contribution in [0.25, 0.3) is 10.9 Å². The van der Waals surface area contributed by atoms with Gasteiger partial charge in [-0.3, -0.25) is 14.6 Å². The Kier molecular flexibility index (Phi) is 3.03. The van der Waals surface area contributed by atoms with Crippen LogP contribution in [0.15, 0.2) is 42.5 Å². The summed E-state index contributed by atoms with van der Waals surface area (Å²) in [7, 11) is 0. The van der Waals surface area contributed by atoms with E-state index in [1.165, 1.54) is 0 Å². The number of pyridine rings is 1. The van der Waals surface area contributed by atoms with E-state index in [1.54, 1.807) is 36.4 Å². The molecule has 0 saturated carbocycles. The first kappa shape index (κ1) is 14.6. The highest BCUT2D eigenvalue weighted by atomic mass is 16.3. The maximum atomic E-state index is 12.8. The summed E-state index contributed by atoms with van der Waals surface area (Å²) in [6, 6.07) is 12.0. The molecule has 2 aromatic carbocycles. The first-order chi connectivity index (χ1) is 11.5. The lowest BCUT2D eigenvalue weighted by molar-refractivity contribution is 0.0888. The fraction of sp³-hybridized carbons (Fsp3) is 0.150. The summed E-state index contributed by atoms with van der Waals surface area (Å²) < 4.78 is 0. The SMILES string of the molecule is Cc1cc(C)c2c(c1)C(=O)C(c1ccc3cc(O)ccc3n1)C2=O. The van der Waals surface area contributed by atoms with E-state index >= 15 is 0 Å². The third-order valence-electron chi connectivity index (χ3n) is 4.51. The van der Waals surface area contributed by atoms with Gasteiger partial charge in [0.15, 0.2) is 11.6 Å². The molecular weight excluding hydrogens is 302 g/mol. The Morgan fingerprint density at radius 2 is 1.75 bits per heavy atom. The topological polar surface area (TPSA) is 67.3 Å². The van der Waals surface area contributed by atoms with Crippen LogP contribution in [0.4, 0.5) is 0 Å². The van der Waals surface area contributed by atoms with E-state index in [0.717, 1.165) is 16.5 Å². The van der Waals surface area contributed by atoms with Crippen LogP contribution in [0.1, 0.15) is 43.5 Å². The van der Waals surface area contributed by atoms with Crippen molar-refractivity contribution in [2.75, 3.05) is 0 Å². The van der Waals surface area contributed by atoms with Crippen LogP contribution >= 0.6 is 0 Å². The normalized spacial score (nSPS) is 16.7. The van der Waals surface area contributed by atoms with Crippen LogP contribution in [0.2, 0.25) is 0 Å². The zero-order valence-corrected chi connectivity index (χ0v) is 13.3. The van der Waals surface area contributed by atoms with Crippen molar-refractivity contribution in [3.63, 3.8) is 0 Å². The highest BCUT2D eigenvalue weighted by Gasteiger charge is 2.41. The summed E-state index contributed by atoms with van der Waals surface area (Å²) in [5.41, 5.74) is 3.91. The number of ketones is 2. The molecule has 0 fully saturated rings. The number of phenolic OH excluding ortho intramolecular Hbond substituents is 1. The van der Waals surface area contributed by atoms with Gasteiger partial charge in [0.2, 0.25) is 0 Å². The largest absolute Gasteiger partial charge is 0.508 e. The van der Waals surface area contributed by atoms with Gasteiger partial charge in [0.25, 0.3) is 0 Å². The monoisotopic (exact) mass is 317 g/mol. The number of hydrogen-bond donors (Lipinski definition) is 1. The Morgan fingerprint density at radius 1 is 0.958 bits per heavy atom. The highest BCUT2D eigenvalue weighted by Crippen LogP contribution is 2.36. The van der Waals surface area contributed by atoms with Gasteiger partial charge < -0.3 is 5.11 Å². The van der Waals surface area contributed by atoms with Crippen molar-refractivity contribution in [1.82, 2.24) is 4.98 Å². The Hall–Kier alpha value is -3.01. The molecule has 0 amide bonds. The molecule has 0 bridgehead atoms. The minimum Gasteiger partial charge on any atom is -0.508 e. The molecule has 118 valence electrons. The minimum atomic E-state index is -0.876. The molecule has 1 heterocycles. The third kappa shape index (κ3) is 2.03. The number of aromatic hydroxyl groups is 1. The van der Waals surface area contributed by atoms with E-state index < -0.39 is 5.92 Å². The molecular formula is C20H15NO3. The summed E-state index contributed by atoms with van der Waals surface area (Å²) in [4.78, 5) is 30.1. The molecule has 24 heavy (non-hydrogen) atoms. The summed E-state index contributed by atoms with van der Waals surface area (Å²) >= 11 is 0. The zero-order valence-electron chi connectivity index (χ0n) is 13.3. The van der Waals surface area contributed by atoms with E-state index in [0.29, 0.717) is 22.3 Å². The van der Waals surface area contributed by atoms with Gasteiger partial charge in [0.05, 0.1) is 11.2 Å². The lowest BCUT2D eigenvalue weighted by atomic mass is 9.98. The second-order valence-corrected chi connectivity index (χ2v) is 6.28. The number of phenols is 1. The van der Waals surface area contributed by atoms with Crippen LogP contribution in [0.3, 0.4) is 0 Å². The number of aryl methyl sites for hydroxylation is 2. The van der Waals surface area contributed by atoms with E-state index in [1.807, 2.05) is 19.9 Å². The highest BCUT2D eigenvalue weighted by molar-refractivity contribution is 6.30. The van der Waals surface area contributed by atoms with Gasteiger partial charge in [0.1, 0.15) is 11.7 Å². The quantitative estimate of drug-likeness (QED) is 0.695. The molecule has 1 aliphatic rings. The van der Waals surface area contributed by atoms with Crippen molar-refractivity contribution in [2.24, 2.45) is 0 Å². The van der Waals surface area contributed by atoms with E-state index in [2.05, 4.69) is 4.98 Å². The molecule has 4 heteroatoms. The van der Waals surface area contributed by atoms with Gasteiger partial charge in [0, 0.05) is 16.5 Å². The smallest absolute Gasteiger partial charge is 0.180 e. The summed E-state index contributed by atoms with van der Waals surface area (Å²) in [5, 5.41) is 10.3. The van der Waals surface area contributed by atoms with Crippen LogP contribution < -0.4 is 0 Å². The Bertz CT molecular complexity index is 1040. The van der Waals surface area contributed by atoms with Crippen molar-refractivity contribution in [3.05, 3.63) is 70.4 Å². The number of hydrogen-bond acceptors (Lipinski definition) is 4. The first-order valence-electron chi connectivity index (χ1n) is 7.75. The fourth-order valence-corrected chi connectivity index (χ4v) is 3.47. The minimum absolute atomic E-state index is 0.156. The molecule has 0 radical (unpaired) electrons. The zero-order chi connectivity index (χ0) is 17.0. The number of Topliss-reactive ketones (excluding diaryl/α,β-unsaturated/α-hetero) is 2. The third-order valence-corrected chi connectivity index (χ3v) is 4.51. The number of carbonyl (C=O) groups excluding carboxylic acids is 2. The van der Waals surface area contributed by atoms with Crippen LogP contribution in [-0.2, 0) is 0 Å².